The van der Waals surface area contributed by atoms with Crippen molar-refractivity contribution in [3.05, 3.63) is 29.6 Å². The standard InChI is InChI=1S/C12H18N4O2/c1-8(2)16(7-11(13)15-18)12(17)10-5-4-6-14-9(10)3/h4-6,8,18H,7H2,1-3H3,(H2,13,15). The summed E-state index contributed by atoms with van der Waals surface area (Å²) in [5.41, 5.74) is 6.64. The van der Waals surface area contributed by atoms with Gasteiger partial charge in [0.1, 0.15) is 0 Å². The normalized spacial score (nSPS) is 11.7. The second-order valence-corrected chi connectivity index (χ2v) is 4.25. The molecule has 1 rings (SSSR count). The first kappa shape index (κ1) is 14.0. The van der Waals surface area contributed by atoms with Crippen LogP contribution in [0.4, 0.5) is 0 Å². The Balaban J connectivity index is 3.01. The first-order valence-corrected chi connectivity index (χ1v) is 5.66. The van der Waals surface area contributed by atoms with E-state index in [4.69, 9.17) is 10.9 Å². The lowest BCUT2D eigenvalue weighted by molar-refractivity contribution is 0.0733. The highest BCUT2D eigenvalue weighted by atomic mass is 16.4. The number of aromatic nitrogens is 1. The fourth-order valence-corrected chi connectivity index (χ4v) is 1.56. The number of pyridine rings is 1. The quantitative estimate of drug-likeness (QED) is 0.361. The summed E-state index contributed by atoms with van der Waals surface area (Å²) in [5, 5.41) is 11.5. The second kappa shape index (κ2) is 6.00. The Bertz CT molecular complexity index is 457. The molecular formula is C12H18N4O2. The average molecular weight is 250 g/mol. The van der Waals surface area contributed by atoms with Gasteiger partial charge in [0, 0.05) is 17.9 Å². The van der Waals surface area contributed by atoms with Crippen LogP contribution in [-0.2, 0) is 0 Å². The lowest BCUT2D eigenvalue weighted by Crippen LogP contribution is -2.43. The molecule has 18 heavy (non-hydrogen) atoms. The van der Waals surface area contributed by atoms with Crippen molar-refractivity contribution in [3.63, 3.8) is 0 Å². The first-order valence-electron chi connectivity index (χ1n) is 5.66. The summed E-state index contributed by atoms with van der Waals surface area (Å²) in [7, 11) is 0. The molecule has 0 aromatic carbocycles. The fraction of sp³-hybridized carbons (Fsp3) is 0.417. The number of carbonyl (C=O) groups is 1. The van der Waals surface area contributed by atoms with Crippen molar-refractivity contribution < 1.29 is 10.0 Å². The van der Waals surface area contributed by atoms with Gasteiger partial charge in [-0.25, -0.2) is 0 Å². The number of hydrogen-bond donors (Lipinski definition) is 2. The summed E-state index contributed by atoms with van der Waals surface area (Å²) in [5.74, 6) is -0.180. The molecule has 1 amide bonds. The minimum atomic E-state index is -0.179. The van der Waals surface area contributed by atoms with Gasteiger partial charge in [-0.2, -0.15) is 0 Å². The van der Waals surface area contributed by atoms with Crippen molar-refractivity contribution in [3.8, 4) is 0 Å². The molecule has 0 aliphatic heterocycles. The number of amides is 1. The summed E-state index contributed by atoms with van der Waals surface area (Å²) in [6.45, 7) is 5.60. The first-order chi connectivity index (χ1) is 8.47. The van der Waals surface area contributed by atoms with Crippen molar-refractivity contribution >= 4 is 11.7 Å². The maximum absolute atomic E-state index is 12.4. The third-order valence-electron chi connectivity index (χ3n) is 2.58. The molecule has 1 aromatic rings. The van der Waals surface area contributed by atoms with E-state index in [2.05, 4.69) is 10.1 Å². The predicted octanol–water partition coefficient (Wildman–Crippen LogP) is 0.987. The highest BCUT2D eigenvalue weighted by Gasteiger charge is 2.21. The van der Waals surface area contributed by atoms with Crippen molar-refractivity contribution in [2.24, 2.45) is 10.9 Å². The summed E-state index contributed by atoms with van der Waals surface area (Å²) >= 11 is 0. The van der Waals surface area contributed by atoms with Gasteiger partial charge in [-0.15, -0.1) is 0 Å². The zero-order chi connectivity index (χ0) is 13.7. The third kappa shape index (κ3) is 3.19. The van der Waals surface area contributed by atoms with Crippen LogP contribution >= 0.6 is 0 Å². The molecule has 1 heterocycles. The molecule has 0 aliphatic rings. The van der Waals surface area contributed by atoms with E-state index >= 15 is 0 Å². The molecule has 0 aliphatic carbocycles. The smallest absolute Gasteiger partial charge is 0.256 e. The molecule has 0 spiro atoms. The largest absolute Gasteiger partial charge is 0.409 e. The number of oxime groups is 1. The van der Waals surface area contributed by atoms with E-state index in [-0.39, 0.29) is 24.3 Å². The van der Waals surface area contributed by atoms with Gasteiger partial charge in [-0.05, 0) is 32.9 Å². The van der Waals surface area contributed by atoms with Crippen LogP contribution in [0, 0.1) is 6.92 Å². The Morgan fingerprint density at radius 3 is 2.78 bits per heavy atom. The molecule has 0 bridgehead atoms. The van der Waals surface area contributed by atoms with Crippen LogP contribution < -0.4 is 5.73 Å². The zero-order valence-electron chi connectivity index (χ0n) is 10.8. The van der Waals surface area contributed by atoms with Crippen molar-refractivity contribution in [1.29, 1.82) is 0 Å². The number of nitrogens with two attached hydrogens (primary N) is 1. The molecule has 3 N–H and O–H groups in total. The number of amidine groups is 1. The Hall–Kier alpha value is -2.11. The molecule has 6 nitrogen and oxygen atoms in total. The summed E-state index contributed by atoms with van der Waals surface area (Å²) < 4.78 is 0. The predicted molar refractivity (Wildman–Crippen MR) is 68.6 cm³/mol. The monoisotopic (exact) mass is 250 g/mol. The van der Waals surface area contributed by atoms with Gasteiger partial charge in [0.05, 0.1) is 12.1 Å². The highest BCUT2D eigenvalue weighted by Crippen LogP contribution is 2.10. The van der Waals surface area contributed by atoms with Crippen LogP contribution in [0.3, 0.4) is 0 Å². The van der Waals surface area contributed by atoms with Gasteiger partial charge in [-0.1, -0.05) is 5.16 Å². The molecule has 0 fully saturated rings. The Labute approximate surface area is 106 Å². The van der Waals surface area contributed by atoms with Gasteiger partial charge < -0.3 is 15.8 Å². The minimum Gasteiger partial charge on any atom is -0.409 e. The second-order valence-electron chi connectivity index (χ2n) is 4.25. The Morgan fingerprint density at radius 1 is 1.61 bits per heavy atom. The average Bonchev–Trinajstić information content (AvgIpc) is 2.35. The topological polar surface area (TPSA) is 91.8 Å². The molecule has 0 unspecified atom stereocenters. The van der Waals surface area contributed by atoms with Gasteiger partial charge in [0.25, 0.3) is 5.91 Å². The minimum absolute atomic E-state index is 0.00130. The maximum atomic E-state index is 12.4. The maximum Gasteiger partial charge on any atom is 0.256 e. The molecule has 0 atom stereocenters. The van der Waals surface area contributed by atoms with Gasteiger partial charge in [0.2, 0.25) is 0 Å². The number of nitrogens with zero attached hydrogens (tertiary/aromatic N) is 3. The van der Waals surface area contributed by atoms with Crippen LogP contribution in [0.1, 0.15) is 29.9 Å². The van der Waals surface area contributed by atoms with E-state index in [1.165, 1.54) is 4.90 Å². The zero-order valence-corrected chi connectivity index (χ0v) is 10.8. The van der Waals surface area contributed by atoms with Crippen LogP contribution in [0.25, 0.3) is 0 Å². The summed E-state index contributed by atoms with van der Waals surface area (Å²) in [6.07, 6.45) is 1.63. The lowest BCUT2D eigenvalue weighted by Gasteiger charge is -2.26. The molecule has 0 saturated carbocycles. The van der Waals surface area contributed by atoms with Gasteiger partial charge >= 0.3 is 0 Å². The summed E-state index contributed by atoms with van der Waals surface area (Å²) in [4.78, 5) is 18.0. The van der Waals surface area contributed by atoms with E-state index in [0.717, 1.165) is 0 Å². The number of aryl methyl sites for hydroxylation is 1. The molecule has 6 heteroatoms. The van der Waals surface area contributed by atoms with Crippen molar-refractivity contribution in [2.75, 3.05) is 6.54 Å². The van der Waals surface area contributed by atoms with E-state index in [0.29, 0.717) is 11.3 Å². The molecule has 0 radical (unpaired) electrons. The van der Waals surface area contributed by atoms with Crippen molar-refractivity contribution in [2.45, 2.75) is 26.8 Å². The number of rotatable bonds is 4. The van der Waals surface area contributed by atoms with Crippen LogP contribution in [0.2, 0.25) is 0 Å². The number of carbonyl (C=O) groups excluding carboxylic acids is 1. The summed E-state index contributed by atoms with van der Waals surface area (Å²) in [6, 6.07) is 3.37. The van der Waals surface area contributed by atoms with Crippen LogP contribution in [0.15, 0.2) is 23.5 Å². The van der Waals surface area contributed by atoms with Crippen molar-refractivity contribution in [1.82, 2.24) is 9.88 Å². The number of hydrogen-bond acceptors (Lipinski definition) is 4. The highest BCUT2D eigenvalue weighted by molar-refractivity contribution is 5.97. The van der Waals surface area contributed by atoms with Crippen LogP contribution in [0.5, 0.6) is 0 Å². The van der Waals surface area contributed by atoms with Gasteiger partial charge in [0.15, 0.2) is 5.84 Å². The van der Waals surface area contributed by atoms with Gasteiger partial charge in [-0.3, -0.25) is 9.78 Å². The molecular weight excluding hydrogens is 232 g/mol. The van der Waals surface area contributed by atoms with Crippen LogP contribution in [-0.4, -0.2) is 39.4 Å². The Morgan fingerprint density at radius 2 is 2.28 bits per heavy atom. The SMILES string of the molecule is Cc1ncccc1C(=O)N(CC(N)=NO)C(C)C. The third-order valence-corrected chi connectivity index (χ3v) is 2.58. The molecule has 1 aromatic heterocycles. The molecule has 0 saturated heterocycles. The lowest BCUT2D eigenvalue weighted by atomic mass is 10.1. The van der Waals surface area contributed by atoms with E-state index in [9.17, 15) is 4.79 Å². The Kier molecular flexibility index (Phi) is 4.65. The van der Waals surface area contributed by atoms with E-state index < -0.39 is 0 Å². The fourth-order valence-electron chi connectivity index (χ4n) is 1.56. The van der Waals surface area contributed by atoms with E-state index in [1.54, 1.807) is 25.3 Å². The molecule has 98 valence electrons. The van der Waals surface area contributed by atoms with E-state index in [1.807, 2.05) is 13.8 Å².